The maximum absolute atomic E-state index is 12.1. The summed E-state index contributed by atoms with van der Waals surface area (Å²) in [4.78, 5) is 36.3. The zero-order chi connectivity index (χ0) is 18.0. The predicted molar refractivity (Wildman–Crippen MR) is 92.9 cm³/mol. The van der Waals surface area contributed by atoms with Crippen LogP contribution in [0.3, 0.4) is 0 Å². The van der Waals surface area contributed by atoms with Gasteiger partial charge in [-0.25, -0.2) is 9.48 Å². The summed E-state index contributed by atoms with van der Waals surface area (Å²) in [7, 11) is 0. The van der Waals surface area contributed by atoms with E-state index in [1.807, 2.05) is 0 Å². The van der Waals surface area contributed by atoms with E-state index >= 15 is 0 Å². The van der Waals surface area contributed by atoms with Gasteiger partial charge in [-0.15, -0.1) is 11.8 Å². The van der Waals surface area contributed by atoms with E-state index in [9.17, 15) is 14.4 Å². The second kappa shape index (κ2) is 6.98. The zero-order valence-electron chi connectivity index (χ0n) is 13.4. The zero-order valence-corrected chi connectivity index (χ0v) is 14.2. The Morgan fingerprint density at radius 1 is 1.40 bits per heavy atom. The van der Waals surface area contributed by atoms with Crippen molar-refractivity contribution < 1.29 is 19.5 Å². The number of carbonyl (C=O) groups excluding carboxylic acids is 2. The summed E-state index contributed by atoms with van der Waals surface area (Å²) < 4.78 is 1.50. The molecule has 1 fully saturated rings. The van der Waals surface area contributed by atoms with E-state index in [0.717, 1.165) is 0 Å². The van der Waals surface area contributed by atoms with Crippen LogP contribution in [0, 0.1) is 6.92 Å². The number of carboxylic acid groups (broad SMARTS) is 1. The second-order valence-corrected chi connectivity index (χ2v) is 6.48. The number of thioether (sulfide) groups is 1. The Morgan fingerprint density at radius 3 is 2.84 bits per heavy atom. The first-order valence-corrected chi connectivity index (χ1v) is 8.65. The smallest absolute Gasteiger partial charge is 0.339 e. The Bertz CT molecular complexity index is 848. The molecule has 2 N–H and O–H groups in total. The number of nitrogens with one attached hydrogen (secondary N) is 1. The van der Waals surface area contributed by atoms with Crippen LogP contribution in [0.4, 0.5) is 5.69 Å². The summed E-state index contributed by atoms with van der Waals surface area (Å²) in [5.41, 5.74) is 1.80. The van der Waals surface area contributed by atoms with Crippen LogP contribution in [0.2, 0.25) is 0 Å². The Hall–Kier alpha value is -2.81. The standard InChI is InChI=1S/C16H16N4O4S/c1-10-13(16(23)24)6-17-20(10)12-4-2-3-11(5-12)18-14(21)7-19-9-25-8-15(19)22/h2-6H,7-9H2,1H3,(H,18,21)(H,23,24). The number of aromatic nitrogens is 2. The minimum atomic E-state index is -1.04. The molecule has 1 aliphatic heterocycles. The minimum absolute atomic E-state index is 0.0139. The molecular weight excluding hydrogens is 344 g/mol. The number of aromatic carboxylic acids is 1. The van der Waals surface area contributed by atoms with Gasteiger partial charge < -0.3 is 15.3 Å². The maximum Gasteiger partial charge on any atom is 0.339 e. The first kappa shape index (κ1) is 17.0. The third-order valence-corrected chi connectivity index (χ3v) is 4.72. The van der Waals surface area contributed by atoms with E-state index < -0.39 is 5.97 Å². The molecule has 3 rings (SSSR count). The minimum Gasteiger partial charge on any atom is -0.478 e. The van der Waals surface area contributed by atoms with Crippen molar-refractivity contribution in [1.82, 2.24) is 14.7 Å². The summed E-state index contributed by atoms with van der Waals surface area (Å²) in [6, 6.07) is 6.92. The van der Waals surface area contributed by atoms with E-state index in [4.69, 9.17) is 5.11 Å². The van der Waals surface area contributed by atoms with Crippen LogP contribution in [0.15, 0.2) is 30.5 Å². The fourth-order valence-electron chi connectivity index (χ4n) is 2.51. The van der Waals surface area contributed by atoms with Crippen LogP contribution < -0.4 is 5.32 Å². The average molecular weight is 360 g/mol. The summed E-state index contributed by atoms with van der Waals surface area (Å²) in [6.07, 6.45) is 1.29. The summed E-state index contributed by atoms with van der Waals surface area (Å²) in [5.74, 6) is -0.427. The van der Waals surface area contributed by atoms with Crippen LogP contribution in [0.25, 0.3) is 5.69 Å². The van der Waals surface area contributed by atoms with Gasteiger partial charge in [0.15, 0.2) is 0 Å². The molecule has 0 atom stereocenters. The fourth-order valence-corrected chi connectivity index (χ4v) is 3.41. The molecule has 1 aromatic heterocycles. The normalized spacial score (nSPS) is 14.0. The molecule has 1 aromatic carbocycles. The highest BCUT2D eigenvalue weighted by molar-refractivity contribution is 8.00. The third kappa shape index (κ3) is 3.66. The number of hydrogen-bond donors (Lipinski definition) is 2. The molecule has 0 saturated carbocycles. The third-order valence-electron chi connectivity index (χ3n) is 3.77. The lowest BCUT2D eigenvalue weighted by Crippen LogP contribution is -2.34. The Morgan fingerprint density at radius 2 is 2.20 bits per heavy atom. The van der Waals surface area contributed by atoms with Crippen LogP contribution in [-0.4, -0.2) is 55.7 Å². The van der Waals surface area contributed by atoms with Gasteiger partial charge in [-0.05, 0) is 25.1 Å². The lowest BCUT2D eigenvalue weighted by Gasteiger charge is -2.14. The highest BCUT2D eigenvalue weighted by Gasteiger charge is 2.23. The van der Waals surface area contributed by atoms with Gasteiger partial charge in [-0.1, -0.05) is 6.07 Å². The van der Waals surface area contributed by atoms with Crippen LogP contribution in [-0.2, 0) is 9.59 Å². The second-order valence-electron chi connectivity index (χ2n) is 5.53. The molecule has 0 bridgehead atoms. The number of rotatable bonds is 5. The first-order chi connectivity index (χ1) is 12.0. The van der Waals surface area contributed by atoms with E-state index in [2.05, 4.69) is 10.4 Å². The summed E-state index contributed by atoms with van der Waals surface area (Å²) >= 11 is 1.48. The van der Waals surface area contributed by atoms with Gasteiger partial charge in [0.1, 0.15) is 12.1 Å². The molecule has 1 aliphatic rings. The molecule has 9 heteroatoms. The topological polar surface area (TPSA) is 105 Å². The fraction of sp³-hybridized carbons (Fsp3) is 0.250. The molecular formula is C16H16N4O4S. The lowest BCUT2D eigenvalue weighted by atomic mass is 10.2. The van der Waals surface area contributed by atoms with Crippen molar-refractivity contribution in [3.63, 3.8) is 0 Å². The number of amides is 2. The number of hydrogen-bond acceptors (Lipinski definition) is 5. The van der Waals surface area contributed by atoms with Crippen molar-refractivity contribution in [2.24, 2.45) is 0 Å². The van der Waals surface area contributed by atoms with Gasteiger partial charge in [0.2, 0.25) is 11.8 Å². The maximum atomic E-state index is 12.1. The first-order valence-electron chi connectivity index (χ1n) is 7.49. The van der Waals surface area contributed by atoms with Gasteiger partial charge in [0.25, 0.3) is 0 Å². The molecule has 25 heavy (non-hydrogen) atoms. The molecule has 2 amide bonds. The molecule has 2 aromatic rings. The van der Waals surface area contributed by atoms with E-state index in [1.54, 1.807) is 31.2 Å². The average Bonchev–Trinajstić information content (AvgIpc) is 3.14. The molecule has 1 saturated heterocycles. The SMILES string of the molecule is Cc1c(C(=O)O)cnn1-c1cccc(NC(=O)CN2CSCC2=O)c1. The van der Waals surface area contributed by atoms with Crippen molar-refractivity contribution in [3.05, 3.63) is 41.7 Å². The van der Waals surface area contributed by atoms with Crippen LogP contribution in [0.5, 0.6) is 0 Å². The Labute approximate surface area is 147 Å². The van der Waals surface area contributed by atoms with Gasteiger partial charge in [-0.2, -0.15) is 5.10 Å². The number of benzene rings is 1. The van der Waals surface area contributed by atoms with Crippen molar-refractivity contribution in [2.75, 3.05) is 23.5 Å². The monoisotopic (exact) mass is 360 g/mol. The molecule has 2 heterocycles. The number of carbonyl (C=O) groups is 3. The largest absolute Gasteiger partial charge is 0.478 e. The molecule has 0 unspecified atom stereocenters. The predicted octanol–water partition coefficient (Wildman–Crippen LogP) is 1.35. The van der Waals surface area contributed by atoms with Crippen molar-refractivity contribution in [3.8, 4) is 5.69 Å². The van der Waals surface area contributed by atoms with Gasteiger partial charge >= 0.3 is 5.97 Å². The lowest BCUT2D eigenvalue weighted by molar-refractivity contribution is -0.130. The summed E-state index contributed by atoms with van der Waals surface area (Å²) in [6.45, 7) is 1.68. The highest BCUT2D eigenvalue weighted by Crippen LogP contribution is 2.19. The van der Waals surface area contributed by atoms with Gasteiger partial charge in [-0.3, -0.25) is 9.59 Å². The van der Waals surface area contributed by atoms with E-state index in [0.29, 0.717) is 28.7 Å². The summed E-state index contributed by atoms with van der Waals surface area (Å²) in [5, 5.41) is 15.9. The highest BCUT2D eigenvalue weighted by atomic mass is 32.2. The molecule has 8 nitrogen and oxygen atoms in total. The molecule has 0 radical (unpaired) electrons. The molecule has 130 valence electrons. The van der Waals surface area contributed by atoms with Crippen molar-refractivity contribution >= 4 is 35.2 Å². The van der Waals surface area contributed by atoms with Crippen molar-refractivity contribution in [2.45, 2.75) is 6.92 Å². The number of carboxylic acids is 1. The van der Waals surface area contributed by atoms with Gasteiger partial charge in [0.05, 0.1) is 29.2 Å². The number of nitrogens with zero attached hydrogens (tertiary/aromatic N) is 3. The van der Waals surface area contributed by atoms with Crippen LogP contribution in [0.1, 0.15) is 16.1 Å². The van der Waals surface area contributed by atoms with Gasteiger partial charge in [0, 0.05) is 5.69 Å². The van der Waals surface area contributed by atoms with E-state index in [-0.39, 0.29) is 23.9 Å². The molecule has 0 aliphatic carbocycles. The Balaban J connectivity index is 1.74. The quantitative estimate of drug-likeness (QED) is 0.834. The van der Waals surface area contributed by atoms with E-state index in [1.165, 1.54) is 27.5 Å². The van der Waals surface area contributed by atoms with Crippen molar-refractivity contribution in [1.29, 1.82) is 0 Å². The van der Waals surface area contributed by atoms with Crippen LogP contribution >= 0.6 is 11.8 Å². The Kier molecular flexibility index (Phi) is 4.75. The molecule has 0 spiro atoms. The number of anilines is 1.